The number of para-hydroxylation sites is 1. The van der Waals surface area contributed by atoms with Gasteiger partial charge >= 0.3 is 6.16 Å². The van der Waals surface area contributed by atoms with E-state index in [0.29, 0.717) is 23.4 Å². The van der Waals surface area contributed by atoms with Crippen molar-refractivity contribution in [3.05, 3.63) is 102 Å². The summed E-state index contributed by atoms with van der Waals surface area (Å²) in [4.78, 5) is 20.8. The third-order valence-corrected chi connectivity index (χ3v) is 7.09. The summed E-state index contributed by atoms with van der Waals surface area (Å²) < 4.78 is 23.0. The van der Waals surface area contributed by atoms with Crippen LogP contribution in [0.15, 0.2) is 84.9 Å². The Kier molecular flexibility index (Phi) is 6.51. The molecule has 0 saturated heterocycles. The van der Waals surface area contributed by atoms with Crippen molar-refractivity contribution in [2.24, 2.45) is 7.05 Å². The zero-order chi connectivity index (χ0) is 27.8. The number of carboxylic acid groups (broad SMARTS) is 1. The highest BCUT2D eigenvalue weighted by atomic mass is 19.1. The van der Waals surface area contributed by atoms with Gasteiger partial charge in [-0.2, -0.15) is 0 Å². The molecule has 0 amide bonds. The van der Waals surface area contributed by atoms with E-state index in [1.54, 1.807) is 18.2 Å². The molecule has 0 unspecified atom stereocenters. The molecule has 0 spiro atoms. The number of imidazole rings is 2. The lowest BCUT2D eigenvalue weighted by atomic mass is 10.0. The van der Waals surface area contributed by atoms with Gasteiger partial charge in [-0.15, -0.1) is 0 Å². The minimum atomic E-state index is -1.34. The molecule has 40 heavy (non-hydrogen) atoms. The maximum absolute atomic E-state index is 13.8. The number of aromatic nitrogens is 4. The normalized spacial score (nSPS) is 11.4. The summed E-state index contributed by atoms with van der Waals surface area (Å²) in [6.45, 7) is 2.76. The maximum atomic E-state index is 13.8. The molecular formula is C32H27FN4O3. The highest BCUT2D eigenvalue weighted by Gasteiger charge is 2.16. The van der Waals surface area contributed by atoms with Gasteiger partial charge in [0.25, 0.3) is 0 Å². The van der Waals surface area contributed by atoms with E-state index in [-0.39, 0.29) is 5.82 Å². The number of rotatable bonds is 7. The van der Waals surface area contributed by atoms with Crippen molar-refractivity contribution in [3.63, 3.8) is 0 Å². The number of benzene rings is 4. The smallest absolute Gasteiger partial charge is 0.449 e. The number of hydrogen-bond acceptors (Lipinski definition) is 4. The lowest BCUT2D eigenvalue weighted by Gasteiger charge is -2.12. The molecule has 1 N–H and O–H groups in total. The summed E-state index contributed by atoms with van der Waals surface area (Å²) in [6, 6.07) is 25.9. The van der Waals surface area contributed by atoms with Gasteiger partial charge in [-0.05, 0) is 53.9 Å². The Labute approximate surface area is 230 Å². The molecule has 200 valence electrons. The van der Waals surface area contributed by atoms with E-state index in [0.717, 1.165) is 57.7 Å². The molecule has 2 aromatic heterocycles. The summed E-state index contributed by atoms with van der Waals surface area (Å²) >= 11 is 0. The maximum Gasteiger partial charge on any atom is 0.511 e. The predicted molar refractivity (Wildman–Crippen MR) is 153 cm³/mol. The molecule has 2 heterocycles. The number of ether oxygens (including phenoxy) is 1. The molecule has 0 aliphatic carbocycles. The van der Waals surface area contributed by atoms with Crippen LogP contribution in [0.3, 0.4) is 0 Å². The van der Waals surface area contributed by atoms with E-state index in [2.05, 4.69) is 17.6 Å². The standard InChI is InChI=1S/C32H27FN4O3/c1-3-6-30-34-25-15-13-22(31-35-26-18-23(33)14-16-27(26)36(31)2)17-28(25)37(30)19-20-9-11-21(12-10-20)24-7-4-5-8-29(24)40-32(38)39/h4-5,7-18H,3,6,19H2,1-2H3,(H,38,39). The van der Waals surface area contributed by atoms with Gasteiger partial charge < -0.3 is 19.0 Å². The van der Waals surface area contributed by atoms with Gasteiger partial charge in [-0.1, -0.05) is 49.4 Å². The lowest BCUT2D eigenvalue weighted by Crippen LogP contribution is -2.05. The first-order valence-electron chi connectivity index (χ1n) is 13.1. The molecule has 6 aromatic rings. The predicted octanol–water partition coefficient (Wildman–Crippen LogP) is 7.45. The zero-order valence-electron chi connectivity index (χ0n) is 22.1. The van der Waals surface area contributed by atoms with Crippen LogP contribution in [0.5, 0.6) is 5.75 Å². The summed E-state index contributed by atoms with van der Waals surface area (Å²) in [5, 5.41) is 9.09. The number of aryl methyl sites for hydroxylation is 2. The topological polar surface area (TPSA) is 82.2 Å². The molecular weight excluding hydrogens is 507 g/mol. The van der Waals surface area contributed by atoms with Crippen LogP contribution >= 0.6 is 0 Å². The highest BCUT2D eigenvalue weighted by molar-refractivity contribution is 5.85. The van der Waals surface area contributed by atoms with E-state index < -0.39 is 6.16 Å². The highest BCUT2D eigenvalue weighted by Crippen LogP contribution is 2.31. The summed E-state index contributed by atoms with van der Waals surface area (Å²) in [7, 11) is 1.94. The van der Waals surface area contributed by atoms with Crippen LogP contribution in [0.1, 0.15) is 24.7 Å². The Balaban J connectivity index is 1.37. The van der Waals surface area contributed by atoms with Crippen molar-refractivity contribution in [3.8, 4) is 28.3 Å². The van der Waals surface area contributed by atoms with Crippen LogP contribution in [0, 0.1) is 5.82 Å². The molecule has 0 aliphatic heterocycles. The molecule has 0 saturated carbocycles. The van der Waals surface area contributed by atoms with Crippen molar-refractivity contribution in [1.29, 1.82) is 0 Å². The van der Waals surface area contributed by atoms with Crippen molar-refractivity contribution in [1.82, 2.24) is 19.1 Å². The van der Waals surface area contributed by atoms with Crippen molar-refractivity contribution in [2.75, 3.05) is 0 Å². The second-order valence-electron chi connectivity index (χ2n) is 9.76. The van der Waals surface area contributed by atoms with Crippen LogP contribution in [-0.4, -0.2) is 30.4 Å². The Hall–Kier alpha value is -4.98. The van der Waals surface area contributed by atoms with Gasteiger partial charge in [0.2, 0.25) is 0 Å². The second-order valence-corrected chi connectivity index (χ2v) is 9.76. The van der Waals surface area contributed by atoms with Gasteiger partial charge in [-0.3, -0.25) is 0 Å². The van der Waals surface area contributed by atoms with Crippen molar-refractivity contribution in [2.45, 2.75) is 26.3 Å². The first-order valence-corrected chi connectivity index (χ1v) is 13.1. The fraction of sp³-hybridized carbons (Fsp3) is 0.156. The third-order valence-electron chi connectivity index (χ3n) is 7.09. The van der Waals surface area contributed by atoms with Gasteiger partial charge in [-0.25, -0.2) is 19.2 Å². The van der Waals surface area contributed by atoms with Crippen LogP contribution in [0.4, 0.5) is 9.18 Å². The van der Waals surface area contributed by atoms with Gasteiger partial charge in [0, 0.05) is 37.2 Å². The first kappa shape index (κ1) is 25.3. The zero-order valence-corrected chi connectivity index (χ0v) is 22.1. The molecule has 6 rings (SSSR count). The van der Waals surface area contributed by atoms with Gasteiger partial charge in [0.15, 0.2) is 0 Å². The summed E-state index contributed by atoms with van der Waals surface area (Å²) in [5.41, 5.74) is 6.99. The molecule has 0 radical (unpaired) electrons. The molecule has 0 atom stereocenters. The molecule has 7 nitrogen and oxygen atoms in total. The Morgan fingerprint density at radius 3 is 2.45 bits per heavy atom. The van der Waals surface area contributed by atoms with Crippen molar-refractivity contribution >= 4 is 28.2 Å². The molecule has 0 fully saturated rings. The lowest BCUT2D eigenvalue weighted by molar-refractivity contribution is 0.144. The molecule has 4 aromatic carbocycles. The Morgan fingerprint density at radius 1 is 0.900 bits per heavy atom. The second kappa shape index (κ2) is 10.3. The van der Waals surface area contributed by atoms with Crippen LogP contribution in [-0.2, 0) is 20.0 Å². The van der Waals surface area contributed by atoms with Gasteiger partial charge in [0.1, 0.15) is 23.2 Å². The number of fused-ring (bicyclic) bond motifs is 2. The Morgan fingerprint density at radius 2 is 1.68 bits per heavy atom. The van der Waals surface area contributed by atoms with Gasteiger partial charge in [0.05, 0.1) is 22.1 Å². The van der Waals surface area contributed by atoms with Crippen LogP contribution in [0.25, 0.3) is 44.6 Å². The van der Waals surface area contributed by atoms with E-state index in [9.17, 15) is 9.18 Å². The molecule has 0 aliphatic rings. The summed E-state index contributed by atoms with van der Waals surface area (Å²) in [6.07, 6.45) is 0.462. The largest absolute Gasteiger partial charge is 0.511 e. The quantitative estimate of drug-likeness (QED) is 0.170. The monoisotopic (exact) mass is 534 g/mol. The first-order chi connectivity index (χ1) is 19.4. The van der Waals surface area contributed by atoms with E-state index in [1.807, 2.05) is 60.1 Å². The SMILES string of the molecule is CCCc1nc2ccc(-c3nc4cc(F)ccc4n3C)cc2n1Cc1ccc(-c2ccccc2OC(=O)O)cc1. The van der Waals surface area contributed by atoms with Crippen LogP contribution in [0.2, 0.25) is 0 Å². The fourth-order valence-corrected chi connectivity index (χ4v) is 5.19. The van der Waals surface area contributed by atoms with Crippen LogP contribution < -0.4 is 4.74 Å². The van der Waals surface area contributed by atoms with Crippen molar-refractivity contribution < 1.29 is 19.0 Å². The van der Waals surface area contributed by atoms with E-state index in [1.165, 1.54) is 12.1 Å². The number of carbonyl (C=O) groups is 1. The third kappa shape index (κ3) is 4.68. The fourth-order valence-electron chi connectivity index (χ4n) is 5.19. The van der Waals surface area contributed by atoms with E-state index in [4.69, 9.17) is 19.8 Å². The minimum absolute atomic E-state index is 0.297. The number of hydrogen-bond donors (Lipinski definition) is 1. The molecule has 8 heteroatoms. The number of halogens is 1. The molecule has 0 bridgehead atoms. The average Bonchev–Trinajstić information content (AvgIpc) is 3.45. The minimum Gasteiger partial charge on any atom is -0.449 e. The Bertz CT molecular complexity index is 1870. The van der Waals surface area contributed by atoms with E-state index >= 15 is 0 Å². The average molecular weight is 535 g/mol. The number of nitrogens with zero attached hydrogens (tertiary/aromatic N) is 4. The summed E-state index contributed by atoms with van der Waals surface area (Å²) in [5.74, 6) is 1.76.